The number of benzene rings is 1. The Bertz CT molecular complexity index is 778. The second-order valence-corrected chi connectivity index (χ2v) is 6.91. The van der Waals surface area contributed by atoms with Gasteiger partial charge in [-0.3, -0.25) is 0 Å². The van der Waals surface area contributed by atoms with Crippen molar-refractivity contribution in [2.75, 3.05) is 25.2 Å². The lowest BCUT2D eigenvalue weighted by molar-refractivity contribution is -0.139. The first-order chi connectivity index (χ1) is 13.6. The van der Waals surface area contributed by atoms with Crippen LogP contribution in [0.25, 0.3) is 0 Å². The van der Waals surface area contributed by atoms with E-state index in [1.54, 1.807) is 12.1 Å². The Morgan fingerprint density at radius 3 is 2.40 bits per heavy atom. The van der Waals surface area contributed by atoms with Crippen molar-refractivity contribution in [1.82, 2.24) is 15.5 Å². The Morgan fingerprint density at radius 1 is 1.10 bits per heavy atom. The molecule has 30 heavy (non-hydrogen) atoms. The van der Waals surface area contributed by atoms with Gasteiger partial charge < -0.3 is 25.3 Å². The number of anilines is 1. The minimum absolute atomic E-state index is 0. The minimum Gasteiger partial charge on any atom is -0.490 e. The van der Waals surface area contributed by atoms with E-state index in [4.69, 9.17) is 15.3 Å². The Hall–Kier alpha value is -2.34. The highest BCUT2D eigenvalue weighted by atomic mass is 35.5. The van der Waals surface area contributed by atoms with Gasteiger partial charge in [-0.1, -0.05) is 12.1 Å². The average molecular weight is 452 g/mol. The summed E-state index contributed by atoms with van der Waals surface area (Å²) in [5.74, 6) is 5.58. The summed E-state index contributed by atoms with van der Waals surface area (Å²) < 4.78 is 49.6. The van der Waals surface area contributed by atoms with Gasteiger partial charge in [0.15, 0.2) is 5.82 Å². The standard InChI is InChI=1S/C18H24F3N5O3.ClH/c1-17(2,11-29-16-8-7-15(24-22)25-26-16)23-9-12(27)10-28-14-6-4-3-5-13(14)18(19,20)21;/h3-8,12,23,27H,9-11,22H2,1-2H3,(H,24,25);1H. The smallest absolute Gasteiger partial charge is 0.419 e. The molecule has 2 aromatic rings. The maximum atomic E-state index is 13.0. The van der Waals surface area contributed by atoms with Gasteiger partial charge in [0, 0.05) is 18.2 Å². The fraction of sp³-hybridized carbons (Fsp3) is 0.444. The summed E-state index contributed by atoms with van der Waals surface area (Å²) in [6.45, 7) is 3.68. The number of alkyl halides is 3. The molecule has 1 unspecified atom stereocenters. The number of halogens is 4. The first-order valence-electron chi connectivity index (χ1n) is 8.76. The number of nitrogens with one attached hydrogen (secondary N) is 2. The maximum Gasteiger partial charge on any atom is 0.419 e. The molecule has 12 heteroatoms. The molecule has 5 N–H and O–H groups in total. The molecule has 0 radical (unpaired) electrons. The van der Waals surface area contributed by atoms with E-state index in [2.05, 4.69) is 20.9 Å². The van der Waals surface area contributed by atoms with Crippen molar-refractivity contribution in [3.63, 3.8) is 0 Å². The minimum atomic E-state index is -4.53. The van der Waals surface area contributed by atoms with Crippen LogP contribution in [0, 0.1) is 0 Å². The number of rotatable bonds is 10. The van der Waals surface area contributed by atoms with Crippen LogP contribution in [-0.4, -0.2) is 46.7 Å². The first-order valence-corrected chi connectivity index (χ1v) is 8.76. The third-order valence-electron chi connectivity index (χ3n) is 3.81. The molecule has 1 heterocycles. The van der Waals surface area contributed by atoms with Crippen molar-refractivity contribution in [2.24, 2.45) is 5.84 Å². The van der Waals surface area contributed by atoms with E-state index < -0.39 is 23.4 Å². The molecule has 8 nitrogen and oxygen atoms in total. The van der Waals surface area contributed by atoms with Crippen LogP contribution in [0.3, 0.4) is 0 Å². The Morgan fingerprint density at radius 2 is 1.80 bits per heavy atom. The van der Waals surface area contributed by atoms with Crippen LogP contribution in [0.1, 0.15) is 19.4 Å². The highest BCUT2D eigenvalue weighted by molar-refractivity contribution is 5.85. The van der Waals surface area contributed by atoms with Crippen LogP contribution >= 0.6 is 12.4 Å². The largest absolute Gasteiger partial charge is 0.490 e. The first kappa shape index (κ1) is 25.7. The SMILES string of the molecule is CC(C)(COc1ccc(NN)nn1)NCC(O)COc1ccccc1C(F)(F)F.Cl. The third kappa shape index (κ3) is 8.19. The van der Waals surface area contributed by atoms with E-state index in [0.29, 0.717) is 11.7 Å². The number of ether oxygens (including phenoxy) is 2. The number of nitrogens with two attached hydrogens (primary N) is 1. The predicted molar refractivity (Wildman–Crippen MR) is 108 cm³/mol. The Labute approximate surface area is 178 Å². The fourth-order valence-corrected chi connectivity index (χ4v) is 2.25. The number of aliphatic hydroxyl groups is 1. The van der Waals surface area contributed by atoms with Gasteiger partial charge in [0.2, 0.25) is 5.88 Å². The molecule has 1 aromatic carbocycles. The molecule has 0 bridgehead atoms. The average Bonchev–Trinajstić information content (AvgIpc) is 2.69. The number of hydrogen-bond donors (Lipinski definition) is 4. The number of aromatic nitrogens is 2. The van der Waals surface area contributed by atoms with Crippen LogP contribution < -0.4 is 26.1 Å². The van der Waals surface area contributed by atoms with Crippen molar-refractivity contribution < 1.29 is 27.8 Å². The van der Waals surface area contributed by atoms with Gasteiger partial charge >= 0.3 is 6.18 Å². The molecule has 0 aliphatic rings. The molecule has 1 aromatic heterocycles. The molecule has 2 rings (SSSR count). The summed E-state index contributed by atoms with van der Waals surface area (Å²) in [6, 6.07) is 8.06. The number of nitrogens with zero attached hydrogens (tertiary/aromatic N) is 2. The number of hydrazine groups is 1. The van der Waals surface area contributed by atoms with Crippen LogP contribution in [-0.2, 0) is 6.18 Å². The van der Waals surface area contributed by atoms with E-state index >= 15 is 0 Å². The molecule has 0 saturated carbocycles. The Balaban J connectivity index is 0.00000450. The summed E-state index contributed by atoms with van der Waals surface area (Å²) in [6.07, 6.45) is -5.55. The van der Waals surface area contributed by atoms with E-state index in [1.807, 2.05) is 13.8 Å². The van der Waals surface area contributed by atoms with Gasteiger partial charge in [-0.25, -0.2) is 5.84 Å². The van der Waals surface area contributed by atoms with Crippen molar-refractivity contribution >= 4 is 18.2 Å². The number of para-hydroxylation sites is 1. The fourth-order valence-electron chi connectivity index (χ4n) is 2.25. The monoisotopic (exact) mass is 451 g/mol. The summed E-state index contributed by atoms with van der Waals surface area (Å²) in [5.41, 5.74) is 0.909. The van der Waals surface area contributed by atoms with Gasteiger partial charge in [-0.05, 0) is 32.0 Å². The second kappa shape index (κ2) is 11.2. The van der Waals surface area contributed by atoms with E-state index in [0.717, 1.165) is 6.07 Å². The third-order valence-corrected chi connectivity index (χ3v) is 3.81. The summed E-state index contributed by atoms with van der Waals surface area (Å²) >= 11 is 0. The number of hydrogen-bond acceptors (Lipinski definition) is 8. The van der Waals surface area contributed by atoms with Crippen LogP contribution in [0.5, 0.6) is 11.6 Å². The maximum absolute atomic E-state index is 13.0. The molecule has 0 spiro atoms. The van der Waals surface area contributed by atoms with Gasteiger partial charge in [0.25, 0.3) is 0 Å². The van der Waals surface area contributed by atoms with Gasteiger partial charge in [0.1, 0.15) is 25.1 Å². The molecule has 0 fully saturated rings. The van der Waals surface area contributed by atoms with Crippen LogP contribution in [0.15, 0.2) is 36.4 Å². The molecule has 0 saturated heterocycles. The normalized spacial score (nSPS) is 12.6. The molecule has 0 amide bonds. The highest BCUT2D eigenvalue weighted by Gasteiger charge is 2.34. The molecule has 0 aliphatic carbocycles. The molecular formula is C18H25ClF3N5O3. The lowest BCUT2D eigenvalue weighted by Crippen LogP contribution is -2.48. The van der Waals surface area contributed by atoms with Crippen molar-refractivity contribution in [2.45, 2.75) is 31.7 Å². The zero-order chi connectivity index (χ0) is 21.5. The number of nitrogen functional groups attached to an aromatic ring is 1. The van der Waals surface area contributed by atoms with Crippen LogP contribution in [0.4, 0.5) is 19.0 Å². The predicted octanol–water partition coefficient (Wildman–Crippen LogP) is 2.39. The van der Waals surface area contributed by atoms with Crippen LogP contribution in [0.2, 0.25) is 0 Å². The molecule has 1 atom stereocenters. The summed E-state index contributed by atoms with van der Waals surface area (Å²) in [5, 5.41) is 20.8. The quantitative estimate of drug-likeness (QED) is 0.321. The van der Waals surface area contributed by atoms with Crippen molar-refractivity contribution in [1.29, 1.82) is 0 Å². The van der Waals surface area contributed by atoms with Crippen molar-refractivity contribution in [3.8, 4) is 11.6 Å². The van der Waals surface area contributed by atoms with Gasteiger partial charge in [-0.2, -0.15) is 13.2 Å². The highest BCUT2D eigenvalue weighted by Crippen LogP contribution is 2.35. The van der Waals surface area contributed by atoms with E-state index in [-0.39, 0.29) is 37.9 Å². The number of β-amino-alcohol motifs (C(OH)–C–C–N with tert-alkyl or cyclic N) is 1. The summed E-state index contributed by atoms with van der Waals surface area (Å²) in [7, 11) is 0. The Kier molecular flexibility index (Phi) is 9.56. The number of aliphatic hydroxyl groups excluding tert-OH is 1. The van der Waals surface area contributed by atoms with E-state index in [1.165, 1.54) is 18.2 Å². The molecule has 0 aliphatic heterocycles. The molecular weight excluding hydrogens is 427 g/mol. The zero-order valence-electron chi connectivity index (χ0n) is 16.4. The lowest BCUT2D eigenvalue weighted by atomic mass is 10.1. The topological polar surface area (TPSA) is 115 Å². The second-order valence-electron chi connectivity index (χ2n) is 6.91. The summed E-state index contributed by atoms with van der Waals surface area (Å²) in [4.78, 5) is 0. The molecule has 168 valence electrons. The van der Waals surface area contributed by atoms with Crippen molar-refractivity contribution in [3.05, 3.63) is 42.0 Å². The van der Waals surface area contributed by atoms with E-state index in [9.17, 15) is 18.3 Å². The van der Waals surface area contributed by atoms with Gasteiger partial charge in [0.05, 0.1) is 5.56 Å². The lowest BCUT2D eigenvalue weighted by Gasteiger charge is -2.27. The zero-order valence-corrected chi connectivity index (χ0v) is 17.3. The van der Waals surface area contributed by atoms with Gasteiger partial charge in [-0.15, -0.1) is 22.6 Å².